The molecule has 1 aromatic rings. The standard InChI is InChI=1S/C11H13Cl3N2S/c1-6(2)5-15-11(17)16-10-4-8(13)7(12)3-9(10)14/h3-4,6H,5H2,1-2H3,(H2,15,16,17). The molecule has 0 radical (unpaired) electrons. The van der Waals surface area contributed by atoms with Gasteiger partial charge in [0.15, 0.2) is 5.11 Å². The van der Waals surface area contributed by atoms with E-state index in [4.69, 9.17) is 47.0 Å². The maximum Gasteiger partial charge on any atom is 0.170 e. The Morgan fingerprint density at radius 3 is 2.35 bits per heavy atom. The average molecular weight is 312 g/mol. The number of anilines is 1. The lowest BCUT2D eigenvalue weighted by Gasteiger charge is -2.13. The van der Waals surface area contributed by atoms with Gasteiger partial charge in [-0.3, -0.25) is 0 Å². The number of thiocarbonyl (C=S) groups is 1. The van der Waals surface area contributed by atoms with Crippen molar-refractivity contribution < 1.29 is 0 Å². The molecule has 6 heteroatoms. The Bertz CT molecular complexity index is 421. The van der Waals surface area contributed by atoms with Crippen LogP contribution in [0.25, 0.3) is 0 Å². The largest absolute Gasteiger partial charge is 0.362 e. The van der Waals surface area contributed by atoms with Crippen LogP contribution in [0.3, 0.4) is 0 Å². The summed E-state index contributed by atoms with van der Waals surface area (Å²) in [5.74, 6) is 0.513. The van der Waals surface area contributed by atoms with Gasteiger partial charge in [0.05, 0.1) is 20.8 Å². The Morgan fingerprint density at radius 2 is 1.76 bits per heavy atom. The van der Waals surface area contributed by atoms with Gasteiger partial charge in [-0.25, -0.2) is 0 Å². The average Bonchev–Trinajstić information content (AvgIpc) is 2.23. The molecule has 2 N–H and O–H groups in total. The van der Waals surface area contributed by atoms with Crippen LogP contribution in [0.5, 0.6) is 0 Å². The third-order valence-electron chi connectivity index (χ3n) is 1.93. The summed E-state index contributed by atoms with van der Waals surface area (Å²) in [6.45, 7) is 4.99. The van der Waals surface area contributed by atoms with Crippen molar-refractivity contribution in [2.75, 3.05) is 11.9 Å². The summed E-state index contributed by atoms with van der Waals surface area (Å²) < 4.78 is 0. The summed E-state index contributed by atoms with van der Waals surface area (Å²) in [6.07, 6.45) is 0. The van der Waals surface area contributed by atoms with Gasteiger partial charge in [0, 0.05) is 6.54 Å². The third kappa shape index (κ3) is 4.88. The van der Waals surface area contributed by atoms with Crippen LogP contribution in [0, 0.1) is 5.92 Å². The highest BCUT2D eigenvalue weighted by Gasteiger charge is 2.07. The van der Waals surface area contributed by atoms with Crippen molar-refractivity contribution in [1.82, 2.24) is 5.32 Å². The quantitative estimate of drug-likeness (QED) is 0.630. The third-order valence-corrected chi connectivity index (χ3v) is 3.21. The first-order chi connectivity index (χ1) is 7.90. The summed E-state index contributed by atoms with van der Waals surface area (Å²) in [4.78, 5) is 0. The molecule has 0 atom stereocenters. The molecular formula is C11H13Cl3N2S. The second-order valence-corrected chi connectivity index (χ2v) is 5.60. The van der Waals surface area contributed by atoms with E-state index in [1.807, 2.05) is 0 Å². The molecule has 0 saturated heterocycles. The maximum absolute atomic E-state index is 6.02. The molecule has 1 rings (SSSR count). The number of benzene rings is 1. The smallest absolute Gasteiger partial charge is 0.170 e. The van der Waals surface area contributed by atoms with Crippen LogP contribution < -0.4 is 10.6 Å². The molecule has 0 amide bonds. The Morgan fingerprint density at radius 1 is 1.18 bits per heavy atom. The fourth-order valence-electron chi connectivity index (χ4n) is 1.08. The van der Waals surface area contributed by atoms with Gasteiger partial charge in [-0.1, -0.05) is 48.7 Å². The minimum atomic E-state index is 0.420. The zero-order valence-corrected chi connectivity index (χ0v) is 12.6. The first-order valence-electron chi connectivity index (χ1n) is 5.09. The summed E-state index contributed by atoms with van der Waals surface area (Å²) in [7, 11) is 0. The Kier molecular flexibility index (Phi) is 5.80. The first-order valence-corrected chi connectivity index (χ1v) is 6.63. The van der Waals surface area contributed by atoms with Crippen LogP contribution in [0.4, 0.5) is 5.69 Å². The minimum absolute atomic E-state index is 0.420. The van der Waals surface area contributed by atoms with Crippen molar-refractivity contribution >= 4 is 57.8 Å². The fraction of sp³-hybridized carbons (Fsp3) is 0.364. The summed E-state index contributed by atoms with van der Waals surface area (Å²) in [6, 6.07) is 3.23. The SMILES string of the molecule is CC(C)CNC(=S)Nc1cc(Cl)c(Cl)cc1Cl. The molecule has 0 spiro atoms. The maximum atomic E-state index is 6.02. The molecule has 0 aromatic heterocycles. The molecule has 17 heavy (non-hydrogen) atoms. The summed E-state index contributed by atoms with van der Waals surface area (Å²) in [5, 5.41) is 7.90. The van der Waals surface area contributed by atoms with Crippen molar-refractivity contribution in [3.8, 4) is 0 Å². The fourth-order valence-corrected chi connectivity index (χ4v) is 1.87. The van der Waals surface area contributed by atoms with Crippen LogP contribution in [0.1, 0.15) is 13.8 Å². The normalized spacial score (nSPS) is 10.5. The molecule has 0 heterocycles. The van der Waals surface area contributed by atoms with E-state index in [1.165, 1.54) is 0 Å². The van der Waals surface area contributed by atoms with Crippen LogP contribution >= 0.6 is 47.0 Å². The van der Waals surface area contributed by atoms with Gasteiger partial charge in [0.2, 0.25) is 0 Å². The van der Waals surface area contributed by atoms with Gasteiger partial charge in [-0.05, 0) is 30.3 Å². The monoisotopic (exact) mass is 310 g/mol. The Balaban J connectivity index is 2.68. The Labute approximate surface area is 122 Å². The van der Waals surface area contributed by atoms with Crippen LogP contribution in [0.2, 0.25) is 15.1 Å². The lowest BCUT2D eigenvalue weighted by Crippen LogP contribution is -2.31. The van der Waals surface area contributed by atoms with E-state index in [0.29, 0.717) is 31.8 Å². The lowest BCUT2D eigenvalue weighted by atomic mass is 10.2. The van der Waals surface area contributed by atoms with E-state index in [0.717, 1.165) is 6.54 Å². The summed E-state index contributed by atoms with van der Waals surface area (Å²) >= 11 is 22.9. The molecule has 0 aliphatic heterocycles. The molecule has 0 aliphatic carbocycles. The van der Waals surface area contributed by atoms with Gasteiger partial charge in [0.25, 0.3) is 0 Å². The van der Waals surface area contributed by atoms with Crippen LogP contribution in [-0.4, -0.2) is 11.7 Å². The van der Waals surface area contributed by atoms with Gasteiger partial charge < -0.3 is 10.6 Å². The van der Waals surface area contributed by atoms with Gasteiger partial charge in [-0.2, -0.15) is 0 Å². The molecule has 1 aromatic carbocycles. The van der Waals surface area contributed by atoms with Crippen molar-refractivity contribution in [3.63, 3.8) is 0 Å². The zero-order valence-electron chi connectivity index (χ0n) is 9.48. The van der Waals surface area contributed by atoms with Crippen molar-refractivity contribution in [2.24, 2.45) is 5.92 Å². The molecule has 0 unspecified atom stereocenters. The second kappa shape index (κ2) is 6.64. The van der Waals surface area contributed by atoms with E-state index in [2.05, 4.69) is 24.5 Å². The number of hydrogen-bond acceptors (Lipinski definition) is 1. The Hall–Kier alpha value is -0.220. The highest BCUT2D eigenvalue weighted by atomic mass is 35.5. The van der Waals surface area contributed by atoms with E-state index in [9.17, 15) is 0 Å². The van der Waals surface area contributed by atoms with Gasteiger partial charge in [-0.15, -0.1) is 0 Å². The second-order valence-electron chi connectivity index (χ2n) is 3.98. The predicted molar refractivity (Wildman–Crippen MR) is 80.5 cm³/mol. The lowest BCUT2D eigenvalue weighted by molar-refractivity contribution is 0.627. The molecule has 2 nitrogen and oxygen atoms in total. The zero-order chi connectivity index (χ0) is 13.0. The predicted octanol–water partition coefficient (Wildman–Crippen LogP) is 4.59. The molecule has 0 fully saturated rings. The van der Waals surface area contributed by atoms with Gasteiger partial charge in [0.1, 0.15) is 0 Å². The number of nitrogens with one attached hydrogen (secondary N) is 2. The minimum Gasteiger partial charge on any atom is -0.362 e. The van der Waals surface area contributed by atoms with E-state index >= 15 is 0 Å². The van der Waals surface area contributed by atoms with Crippen molar-refractivity contribution in [3.05, 3.63) is 27.2 Å². The van der Waals surface area contributed by atoms with Gasteiger partial charge >= 0.3 is 0 Å². The molecule has 0 aliphatic rings. The molecular weight excluding hydrogens is 299 g/mol. The number of hydrogen-bond donors (Lipinski definition) is 2. The van der Waals surface area contributed by atoms with Crippen LogP contribution in [-0.2, 0) is 0 Å². The van der Waals surface area contributed by atoms with E-state index < -0.39 is 0 Å². The number of halogens is 3. The molecule has 0 bridgehead atoms. The van der Waals surface area contributed by atoms with Crippen molar-refractivity contribution in [1.29, 1.82) is 0 Å². The first kappa shape index (κ1) is 14.8. The van der Waals surface area contributed by atoms with Crippen LogP contribution in [0.15, 0.2) is 12.1 Å². The highest BCUT2D eigenvalue weighted by Crippen LogP contribution is 2.32. The van der Waals surface area contributed by atoms with E-state index in [-0.39, 0.29) is 0 Å². The molecule has 94 valence electrons. The summed E-state index contributed by atoms with van der Waals surface area (Å²) in [5.41, 5.74) is 0.641. The van der Waals surface area contributed by atoms with E-state index in [1.54, 1.807) is 12.1 Å². The molecule has 0 saturated carbocycles. The van der Waals surface area contributed by atoms with Crippen molar-refractivity contribution in [2.45, 2.75) is 13.8 Å². The number of rotatable bonds is 3. The highest BCUT2D eigenvalue weighted by molar-refractivity contribution is 7.80. The topological polar surface area (TPSA) is 24.1 Å².